The number of allylic oxidation sites excluding steroid dienone is 2. The average molecular weight is 168 g/mol. The maximum Gasteiger partial charge on any atom is 0.312 e. The molecule has 1 rings (SSSR count). The van der Waals surface area contributed by atoms with Crippen molar-refractivity contribution in [2.45, 2.75) is 27.2 Å². The first-order valence-electron chi connectivity index (χ1n) is 4.24. The molecule has 0 heterocycles. The van der Waals surface area contributed by atoms with E-state index in [1.54, 1.807) is 0 Å². The summed E-state index contributed by atoms with van der Waals surface area (Å²) in [6, 6.07) is 0. The summed E-state index contributed by atoms with van der Waals surface area (Å²) in [7, 11) is 1.45. The van der Waals surface area contributed by atoms with Gasteiger partial charge in [0, 0.05) is 0 Å². The van der Waals surface area contributed by atoms with Crippen LogP contribution in [-0.4, -0.2) is 13.1 Å². The smallest absolute Gasteiger partial charge is 0.312 e. The Kier molecular flexibility index (Phi) is 2.27. The number of hydrogen-bond acceptors (Lipinski definition) is 2. The summed E-state index contributed by atoms with van der Waals surface area (Å²) in [5.41, 5.74) is 1.04. The normalized spacial score (nSPS) is 32.5. The molecule has 0 N–H and O–H groups in total. The molecule has 0 bridgehead atoms. The zero-order valence-corrected chi connectivity index (χ0v) is 8.18. The van der Waals surface area contributed by atoms with Crippen molar-refractivity contribution in [2.24, 2.45) is 11.3 Å². The maximum atomic E-state index is 11.2. The third-order valence-electron chi connectivity index (χ3n) is 2.49. The van der Waals surface area contributed by atoms with E-state index in [0.29, 0.717) is 5.92 Å². The second kappa shape index (κ2) is 2.92. The van der Waals surface area contributed by atoms with E-state index in [1.807, 2.05) is 6.92 Å². The van der Waals surface area contributed by atoms with Gasteiger partial charge in [-0.05, 0) is 33.1 Å². The molecule has 1 aliphatic carbocycles. The summed E-state index contributed by atoms with van der Waals surface area (Å²) in [6.45, 7) is 6.06. The standard InChI is InChI=1S/C10H16O2/c1-7(2)5-8-6-10(8,3)9(11)12-4/h5,8H,6H2,1-4H3/t8-,10-/m0/s1. The van der Waals surface area contributed by atoms with Gasteiger partial charge in [0.05, 0.1) is 12.5 Å². The quantitative estimate of drug-likeness (QED) is 0.466. The van der Waals surface area contributed by atoms with Crippen LogP contribution in [0.15, 0.2) is 11.6 Å². The van der Waals surface area contributed by atoms with Crippen LogP contribution >= 0.6 is 0 Å². The molecule has 1 saturated carbocycles. The van der Waals surface area contributed by atoms with E-state index < -0.39 is 0 Å². The van der Waals surface area contributed by atoms with E-state index in [1.165, 1.54) is 12.7 Å². The molecule has 0 radical (unpaired) electrons. The monoisotopic (exact) mass is 168 g/mol. The highest BCUT2D eigenvalue weighted by atomic mass is 16.5. The molecule has 0 unspecified atom stereocenters. The first-order chi connectivity index (χ1) is 5.50. The van der Waals surface area contributed by atoms with Crippen molar-refractivity contribution in [3.63, 3.8) is 0 Å². The Morgan fingerprint density at radius 2 is 2.17 bits per heavy atom. The summed E-state index contributed by atoms with van der Waals surface area (Å²) in [5.74, 6) is 0.319. The predicted octanol–water partition coefficient (Wildman–Crippen LogP) is 2.15. The molecule has 0 saturated heterocycles. The van der Waals surface area contributed by atoms with E-state index in [2.05, 4.69) is 19.9 Å². The fraction of sp³-hybridized carbons (Fsp3) is 0.700. The van der Waals surface area contributed by atoms with Crippen LogP contribution in [0, 0.1) is 11.3 Å². The topological polar surface area (TPSA) is 26.3 Å². The molecule has 0 aromatic carbocycles. The van der Waals surface area contributed by atoms with Crippen molar-refractivity contribution in [1.82, 2.24) is 0 Å². The molecule has 68 valence electrons. The Morgan fingerprint density at radius 3 is 2.58 bits per heavy atom. The summed E-state index contributed by atoms with van der Waals surface area (Å²) in [5, 5.41) is 0. The molecule has 0 spiro atoms. The van der Waals surface area contributed by atoms with Crippen LogP contribution in [-0.2, 0) is 9.53 Å². The Hall–Kier alpha value is -0.790. The number of methoxy groups -OCH3 is 1. The third-order valence-corrected chi connectivity index (χ3v) is 2.49. The minimum Gasteiger partial charge on any atom is -0.469 e. The fourth-order valence-electron chi connectivity index (χ4n) is 1.51. The van der Waals surface area contributed by atoms with Gasteiger partial charge in [0.25, 0.3) is 0 Å². The zero-order valence-electron chi connectivity index (χ0n) is 8.18. The van der Waals surface area contributed by atoms with Crippen molar-refractivity contribution >= 4 is 5.97 Å². The Bertz CT molecular complexity index is 226. The highest BCUT2D eigenvalue weighted by molar-refractivity contribution is 5.80. The number of rotatable bonds is 2. The number of carbonyl (C=O) groups is 1. The lowest BCUT2D eigenvalue weighted by atomic mass is 10.1. The van der Waals surface area contributed by atoms with Crippen LogP contribution in [0.5, 0.6) is 0 Å². The van der Waals surface area contributed by atoms with Gasteiger partial charge < -0.3 is 4.74 Å². The van der Waals surface area contributed by atoms with Crippen LogP contribution in [0.3, 0.4) is 0 Å². The molecule has 0 aromatic heterocycles. The molecule has 12 heavy (non-hydrogen) atoms. The molecular formula is C10H16O2. The van der Waals surface area contributed by atoms with Gasteiger partial charge >= 0.3 is 5.97 Å². The van der Waals surface area contributed by atoms with Gasteiger partial charge in [-0.3, -0.25) is 4.79 Å². The number of hydrogen-bond donors (Lipinski definition) is 0. The lowest BCUT2D eigenvalue weighted by Gasteiger charge is -2.05. The molecule has 0 aromatic rings. The second-order valence-corrected chi connectivity index (χ2v) is 3.96. The summed E-state index contributed by atoms with van der Waals surface area (Å²) in [6.07, 6.45) is 3.09. The van der Waals surface area contributed by atoms with Crippen LogP contribution in [0.25, 0.3) is 0 Å². The van der Waals surface area contributed by atoms with Crippen molar-refractivity contribution in [3.8, 4) is 0 Å². The minimum atomic E-state index is -0.230. The summed E-state index contributed by atoms with van der Waals surface area (Å²) < 4.78 is 4.72. The molecule has 0 aliphatic heterocycles. The highest BCUT2D eigenvalue weighted by Gasteiger charge is 2.55. The van der Waals surface area contributed by atoms with Gasteiger partial charge in [0.2, 0.25) is 0 Å². The summed E-state index contributed by atoms with van der Waals surface area (Å²) >= 11 is 0. The van der Waals surface area contributed by atoms with Gasteiger partial charge in [-0.1, -0.05) is 11.6 Å². The largest absolute Gasteiger partial charge is 0.469 e. The Morgan fingerprint density at radius 1 is 1.58 bits per heavy atom. The van der Waals surface area contributed by atoms with Crippen LogP contribution in [0.4, 0.5) is 0 Å². The van der Waals surface area contributed by atoms with Gasteiger partial charge in [-0.15, -0.1) is 0 Å². The van der Waals surface area contributed by atoms with Gasteiger partial charge in [-0.2, -0.15) is 0 Å². The fourth-order valence-corrected chi connectivity index (χ4v) is 1.51. The van der Waals surface area contributed by atoms with E-state index >= 15 is 0 Å². The minimum absolute atomic E-state index is 0.0787. The molecule has 2 heteroatoms. The third kappa shape index (κ3) is 1.52. The second-order valence-electron chi connectivity index (χ2n) is 3.96. The first kappa shape index (κ1) is 9.30. The van der Waals surface area contributed by atoms with Crippen LogP contribution in [0.1, 0.15) is 27.2 Å². The number of carbonyl (C=O) groups excluding carboxylic acids is 1. The van der Waals surface area contributed by atoms with Gasteiger partial charge in [0.15, 0.2) is 0 Å². The lowest BCUT2D eigenvalue weighted by molar-refractivity contribution is -0.146. The number of ether oxygens (including phenoxy) is 1. The maximum absolute atomic E-state index is 11.2. The van der Waals surface area contributed by atoms with Gasteiger partial charge in [-0.25, -0.2) is 0 Å². The van der Waals surface area contributed by atoms with Gasteiger partial charge in [0.1, 0.15) is 0 Å². The molecular weight excluding hydrogens is 152 g/mol. The van der Waals surface area contributed by atoms with Crippen molar-refractivity contribution in [2.75, 3.05) is 7.11 Å². The average Bonchev–Trinajstić information content (AvgIpc) is 2.60. The molecule has 0 amide bonds. The van der Waals surface area contributed by atoms with E-state index in [0.717, 1.165) is 6.42 Å². The van der Waals surface area contributed by atoms with E-state index in [-0.39, 0.29) is 11.4 Å². The molecule has 2 atom stereocenters. The zero-order chi connectivity index (χ0) is 9.35. The van der Waals surface area contributed by atoms with Crippen molar-refractivity contribution in [3.05, 3.63) is 11.6 Å². The van der Waals surface area contributed by atoms with E-state index in [9.17, 15) is 4.79 Å². The van der Waals surface area contributed by atoms with Crippen molar-refractivity contribution in [1.29, 1.82) is 0 Å². The molecule has 2 nitrogen and oxygen atoms in total. The first-order valence-corrected chi connectivity index (χ1v) is 4.24. The SMILES string of the molecule is COC(=O)[C@@]1(C)C[C@@H]1C=C(C)C. The van der Waals surface area contributed by atoms with Crippen LogP contribution < -0.4 is 0 Å². The number of esters is 1. The lowest BCUT2D eigenvalue weighted by Crippen LogP contribution is -2.15. The van der Waals surface area contributed by atoms with E-state index in [4.69, 9.17) is 4.74 Å². The molecule has 1 aliphatic rings. The highest BCUT2D eigenvalue weighted by Crippen LogP contribution is 2.54. The Labute approximate surface area is 73.6 Å². The molecule has 1 fully saturated rings. The van der Waals surface area contributed by atoms with Crippen LogP contribution in [0.2, 0.25) is 0 Å². The van der Waals surface area contributed by atoms with Crippen molar-refractivity contribution < 1.29 is 9.53 Å². The predicted molar refractivity (Wildman–Crippen MR) is 47.7 cm³/mol. The summed E-state index contributed by atoms with van der Waals surface area (Å²) in [4.78, 5) is 11.2. The Balaban J connectivity index is 2.60.